The third-order valence-electron chi connectivity index (χ3n) is 6.03. The van der Waals surface area contributed by atoms with Gasteiger partial charge in [0.15, 0.2) is 0 Å². The zero-order chi connectivity index (χ0) is 27.0. The molecule has 37 heavy (non-hydrogen) atoms. The normalized spacial score (nSPS) is 15.7. The average Bonchev–Trinajstić information content (AvgIpc) is 3.15. The van der Waals surface area contributed by atoms with Crippen molar-refractivity contribution >= 4 is 33.3 Å². The molecule has 1 aliphatic rings. The van der Waals surface area contributed by atoms with Gasteiger partial charge in [-0.3, -0.25) is 0 Å². The lowest BCUT2D eigenvalue weighted by Gasteiger charge is -2.32. The van der Waals surface area contributed by atoms with Crippen molar-refractivity contribution in [3.8, 4) is 22.6 Å². The van der Waals surface area contributed by atoms with Crippen LogP contribution in [0, 0.1) is 0 Å². The van der Waals surface area contributed by atoms with Crippen LogP contribution >= 0.6 is 11.6 Å². The van der Waals surface area contributed by atoms with Crippen molar-refractivity contribution in [2.45, 2.75) is 25.1 Å². The predicted molar refractivity (Wildman–Crippen MR) is 135 cm³/mol. The van der Waals surface area contributed by atoms with E-state index in [9.17, 15) is 21.6 Å². The Morgan fingerprint density at radius 1 is 1.14 bits per heavy atom. The number of anilines is 2. The van der Waals surface area contributed by atoms with Crippen LogP contribution in [0.1, 0.15) is 18.4 Å². The van der Waals surface area contributed by atoms with E-state index in [-0.39, 0.29) is 45.6 Å². The highest BCUT2D eigenvalue weighted by Gasteiger charge is 2.36. The monoisotopic (exact) mass is 558 g/mol. The Morgan fingerprint density at radius 2 is 1.78 bits per heavy atom. The Labute approximate surface area is 217 Å². The van der Waals surface area contributed by atoms with E-state index in [4.69, 9.17) is 27.8 Å². The van der Waals surface area contributed by atoms with Gasteiger partial charge in [-0.25, -0.2) is 8.42 Å². The first-order chi connectivity index (χ1) is 17.3. The molecule has 0 spiro atoms. The lowest BCUT2D eigenvalue weighted by atomic mass is 9.98. The molecule has 200 valence electrons. The summed E-state index contributed by atoms with van der Waals surface area (Å²) in [6.45, 7) is 1.90. The van der Waals surface area contributed by atoms with Gasteiger partial charge in [0.25, 0.3) is 0 Å². The SMILES string of the molecule is CS(=O)(=O)CCN1CCC(Oc2ccc(-c3c(Cl)cc(-n4nc(N)nc4N)cc3C(F)(F)F)cc2)CC1. The summed E-state index contributed by atoms with van der Waals surface area (Å²) in [6.07, 6.45) is -2.14. The molecule has 3 aromatic rings. The second kappa shape index (κ2) is 10.4. The quantitative estimate of drug-likeness (QED) is 0.449. The fourth-order valence-corrected chi connectivity index (χ4v) is 5.11. The topological polar surface area (TPSA) is 129 Å². The zero-order valence-electron chi connectivity index (χ0n) is 19.9. The van der Waals surface area contributed by atoms with Gasteiger partial charge >= 0.3 is 6.18 Å². The molecule has 1 aromatic heterocycles. The van der Waals surface area contributed by atoms with Crippen molar-refractivity contribution in [1.29, 1.82) is 0 Å². The van der Waals surface area contributed by atoms with Gasteiger partial charge in [0, 0.05) is 31.5 Å². The second-order valence-corrected chi connectivity index (χ2v) is 11.6. The van der Waals surface area contributed by atoms with Crippen LogP contribution in [-0.2, 0) is 16.0 Å². The van der Waals surface area contributed by atoms with E-state index in [1.54, 1.807) is 12.1 Å². The molecule has 4 N–H and O–H groups in total. The highest BCUT2D eigenvalue weighted by molar-refractivity contribution is 7.90. The van der Waals surface area contributed by atoms with Crippen molar-refractivity contribution in [2.75, 3.05) is 43.1 Å². The molecule has 0 aliphatic carbocycles. The van der Waals surface area contributed by atoms with Crippen molar-refractivity contribution in [3.63, 3.8) is 0 Å². The predicted octanol–water partition coefficient (Wildman–Crippen LogP) is 3.66. The number of benzene rings is 2. The Hall–Kier alpha value is -3.03. The van der Waals surface area contributed by atoms with Gasteiger partial charge < -0.3 is 21.1 Å². The van der Waals surface area contributed by atoms with Gasteiger partial charge in [-0.2, -0.15) is 22.8 Å². The summed E-state index contributed by atoms with van der Waals surface area (Å²) in [4.78, 5) is 5.79. The van der Waals surface area contributed by atoms with Gasteiger partial charge in [0.1, 0.15) is 21.7 Å². The lowest BCUT2D eigenvalue weighted by Crippen LogP contribution is -2.40. The highest BCUT2D eigenvalue weighted by Crippen LogP contribution is 2.43. The fraction of sp³-hybridized carbons (Fsp3) is 0.391. The molecule has 0 saturated carbocycles. The molecule has 0 atom stereocenters. The highest BCUT2D eigenvalue weighted by atomic mass is 35.5. The van der Waals surface area contributed by atoms with Gasteiger partial charge in [-0.1, -0.05) is 23.7 Å². The molecule has 2 heterocycles. The van der Waals surface area contributed by atoms with E-state index in [1.165, 1.54) is 24.5 Å². The Morgan fingerprint density at radius 3 is 2.32 bits per heavy atom. The summed E-state index contributed by atoms with van der Waals surface area (Å²) >= 11 is 6.34. The smallest absolute Gasteiger partial charge is 0.417 e. The molecular formula is C23H26ClF3N6O3S. The van der Waals surface area contributed by atoms with Crippen LogP contribution in [0.5, 0.6) is 5.75 Å². The zero-order valence-corrected chi connectivity index (χ0v) is 21.4. The third kappa shape index (κ3) is 6.65. The average molecular weight is 559 g/mol. The van der Waals surface area contributed by atoms with Crippen LogP contribution < -0.4 is 16.2 Å². The number of hydrogen-bond donors (Lipinski definition) is 2. The summed E-state index contributed by atoms with van der Waals surface area (Å²) in [6, 6.07) is 8.47. The Balaban J connectivity index is 1.51. The minimum absolute atomic E-state index is 0.0226. The molecule has 0 radical (unpaired) electrons. The number of sulfone groups is 1. The Bertz CT molecular complexity index is 1370. The van der Waals surface area contributed by atoms with E-state index in [2.05, 4.69) is 15.0 Å². The molecule has 0 unspecified atom stereocenters. The molecule has 1 aliphatic heterocycles. The number of nitrogen functional groups attached to an aromatic ring is 2. The van der Waals surface area contributed by atoms with Gasteiger partial charge in [0.2, 0.25) is 11.9 Å². The van der Waals surface area contributed by atoms with E-state index in [0.717, 1.165) is 10.7 Å². The number of nitrogens with two attached hydrogens (primary N) is 2. The second-order valence-electron chi connectivity index (χ2n) is 8.90. The van der Waals surface area contributed by atoms with Gasteiger partial charge in [-0.15, -0.1) is 5.10 Å². The van der Waals surface area contributed by atoms with Crippen LogP contribution in [0.25, 0.3) is 16.8 Å². The fourth-order valence-electron chi connectivity index (χ4n) is 4.20. The number of nitrogens with zero attached hydrogens (tertiary/aromatic N) is 4. The molecule has 1 saturated heterocycles. The summed E-state index contributed by atoms with van der Waals surface area (Å²) in [7, 11) is -3.02. The van der Waals surface area contributed by atoms with E-state index in [0.29, 0.717) is 38.2 Å². The van der Waals surface area contributed by atoms with Crippen LogP contribution in [0.2, 0.25) is 5.02 Å². The minimum Gasteiger partial charge on any atom is -0.490 e. The first kappa shape index (κ1) is 27.0. The number of piperidine rings is 1. The third-order valence-corrected chi connectivity index (χ3v) is 7.25. The largest absolute Gasteiger partial charge is 0.490 e. The van der Waals surface area contributed by atoms with Crippen LogP contribution in [0.4, 0.5) is 25.1 Å². The molecule has 14 heteroatoms. The molecule has 4 rings (SSSR count). The van der Waals surface area contributed by atoms with Crippen LogP contribution in [-0.4, -0.2) is 65.8 Å². The van der Waals surface area contributed by atoms with Crippen molar-refractivity contribution < 1.29 is 26.3 Å². The van der Waals surface area contributed by atoms with E-state index < -0.39 is 21.6 Å². The molecule has 0 amide bonds. The number of hydrogen-bond acceptors (Lipinski definition) is 8. The minimum atomic E-state index is -4.71. The maximum atomic E-state index is 14.0. The van der Waals surface area contributed by atoms with Crippen molar-refractivity contribution in [1.82, 2.24) is 19.7 Å². The van der Waals surface area contributed by atoms with Crippen molar-refractivity contribution in [3.05, 3.63) is 47.0 Å². The summed E-state index contributed by atoms with van der Waals surface area (Å²) in [5.74, 6) is 0.285. The first-order valence-electron chi connectivity index (χ1n) is 11.4. The Kier molecular flexibility index (Phi) is 7.58. The summed E-state index contributed by atoms with van der Waals surface area (Å²) in [5.41, 5.74) is 10.3. The number of likely N-dealkylation sites (tertiary alicyclic amines) is 1. The molecule has 2 aromatic carbocycles. The number of halogens is 4. The van der Waals surface area contributed by atoms with Crippen LogP contribution in [0.3, 0.4) is 0 Å². The van der Waals surface area contributed by atoms with Crippen LogP contribution in [0.15, 0.2) is 36.4 Å². The maximum absolute atomic E-state index is 14.0. The van der Waals surface area contributed by atoms with E-state index in [1.807, 2.05) is 0 Å². The molecule has 1 fully saturated rings. The maximum Gasteiger partial charge on any atom is 0.417 e. The summed E-state index contributed by atoms with van der Waals surface area (Å²) in [5, 5.41) is 3.68. The molecule has 9 nitrogen and oxygen atoms in total. The number of ether oxygens (including phenoxy) is 1. The number of alkyl halides is 3. The van der Waals surface area contributed by atoms with E-state index >= 15 is 0 Å². The van der Waals surface area contributed by atoms with Crippen molar-refractivity contribution in [2.24, 2.45) is 0 Å². The number of rotatable bonds is 7. The van der Waals surface area contributed by atoms with Gasteiger partial charge in [0.05, 0.1) is 22.0 Å². The lowest BCUT2D eigenvalue weighted by molar-refractivity contribution is -0.137. The first-order valence-corrected chi connectivity index (χ1v) is 13.8. The number of aromatic nitrogens is 3. The molecule has 0 bridgehead atoms. The van der Waals surface area contributed by atoms with Gasteiger partial charge in [-0.05, 0) is 42.7 Å². The molecular weight excluding hydrogens is 533 g/mol. The summed E-state index contributed by atoms with van der Waals surface area (Å²) < 4.78 is 71.8. The standard InChI is InChI=1S/C23H26ClF3N6O3S/c1-37(34,35)11-10-32-8-6-17(7-9-32)36-16-4-2-14(3-5-16)20-18(23(25,26)27)12-15(13-19(20)24)33-22(29)30-21(28)31-33/h2-5,12-13,17H,6-11H2,1H3,(H4,28,29,30,31).